The highest BCUT2D eigenvalue weighted by Gasteiger charge is 2.02. The third-order valence-corrected chi connectivity index (χ3v) is 3.34. The predicted molar refractivity (Wildman–Crippen MR) is 84.6 cm³/mol. The van der Waals surface area contributed by atoms with Gasteiger partial charge in [0.05, 0.1) is 5.88 Å². The minimum Gasteiger partial charge on any atom is -0.489 e. The highest BCUT2D eigenvalue weighted by molar-refractivity contribution is 6.31. The molecule has 0 N–H and O–H groups in total. The number of hydrogen-bond acceptors (Lipinski definition) is 1. The van der Waals surface area contributed by atoms with Crippen LogP contribution in [0.2, 0.25) is 5.02 Å². The van der Waals surface area contributed by atoms with Crippen molar-refractivity contribution in [1.29, 1.82) is 0 Å². The Kier molecular flexibility index (Phi) is 5.35. The molecule has 0 radical (unpaired) electrons. The summed E-state index contributed by atoms with van der Waals surface area (Å²) in [6.07, 6.45) is 0. The van der Waals surface area contributed by atoms with Crippen LogP contribution in [0.4, 0.5) is 0 Å². The molecule has 2 rings (SSSR count). The molecule has 1 nitrogen and oxygen atoms in total. The van der Waals surface area contributed by atoms with Crippen molar-refractivity contribution in [3.8, 4) is 17.6 Å². The van der Waals surface area contributed by atoms with Crippen LogP contribution in [0.3, 0.4) is 0 Å². The molecule has 0 spiro atoms. The van der Waals surface area contributed by atoms with Gasteiger partial charge in [0.25, 0.3) is 0 Å². The topological polar surface area (TPSA) is 9.23 Å². The molecule has 0 saturated carbocycles. The third-order valence-electron chi connectivity index (χ3n) is 2.84. The van der Waals surface area contributed by atoms with Crippen molar-refractivity contribution in [2.75, 3.05) is 5.88 Å². The fourth-order valence-corrected chi connectivity index (χ4v) is 2.03. The second-order valence-corrected chi connectivity index (χ2v) is 4.97. The van der Waals surface area contributed by atoms with E-state index in [0.29, 0.717) is 17.5 Å². The van der Waals surface area contributed by atoms with Gasteiger partial charge in [-0.2, -0.15) is 0 Å². The van der Waals surface area contributed by atoms with Crippen LogP contribution in [-0.4, -0.2) is 5.88 Å². The molecule has 0 saturated heterocycles. The first-order chi connectivity index (χ1) is 9.70. The van der Waals surface area contributed by atoms with E-state index in [0.717, 1.165) is 22.4 Å². The van der Waals surface area contributed by atoms with Gasteiger partial charge in [-0.25, -0.2) is 0 Å². The van der Waals surface area contributed by atoms with E-state index in [2.05, 4.69) is 11.8 Å². The highest BCUT2D eigenvalue weighted by atomic mass is 35.5. The maximum Gasteiger partial charge on any atom is 0.120 e. The molecule has 2 aromatic carbocycles. The largest absolute Gasteiger partial charge is 0.489 e. The molecule has 2 aromatic rings. The zero-order valence-corrected chi connectivity index (χ0v) is 12.6. The molecule has 0 heterocycles. The second kappa shape index (κ2) is 7.24. The molecule has 0 aliphatic carbocycles. The molecule has 102 valence electrons. The number of halogens is 2. The Morgan fingerprint density at radius 2 is 1.95 bits per heavy atom. The van der Waals surface area contributed by atoms with E-state index in [1.807, 2.05) is 49.4 Å². The number of rotatable bonds is 3. The average molecular weight is 305 g/mol. The van der Waals surface area contributed by atoms with Crippen LogP contribution in [0.25, 0.3) is 0 Å². The quantitative estimate of drug-likeness (QED) is 0.583. The van der Waals surface area contributed by atoms with Crippen molar-refractivity contribution in [3.05, 3.63) is 64.2 Å². The Morgan fingerprint density at radius 1 is 1.15 bits per heavy atom. The number of ether oxygens (including phenoxy) is 1. The summed E-state index contributed by atoms with van der Waals surface area (Å²) in [7, 11) is 0. The standard InChI is InChI=1S/C17H14Cl2O/c1-13-11-16(9-8-14(13)6-4-10-18)20-12-15-5-2-3-7-17(15)19/h2-3,5,7-9,11H,10,12H2,1H3. The summed E-state index contributed by atoms with van der Waals surface area (Å²) in [5.74, 6) is 7.00. The van der Waals surface area contributed by atoms with E-state index < -0.39 is 0 Å². The van der Waals surface area contributed by atoms with Gasteiger partial charge in [0.2, 0.25) is 0 Å². The molecule has 0 fully saturated rings. The van der Waals surface area contributed by atoms with Gasteiger partial charge in [-0.15, -0.1) is 11.6 Å². The van der Waals surface area contributed by atoms with Crippen LogP contribution in [0, 0.1) is 18.8 Å². The number of hydrogen-bond donors (Lipinski definition) is 0. The monoisotopic (exact) mass is 304 g/mol. The van der Waals surface area contributed by atoms with Crippen molar-refractivity contribution >= 4 is 23.2 Å². The van der Waals surface area contributed by atoms with Crippen molar-refractivity contribution in [2.45, 2.75) is 13.5 Å². The number of alkyl halides is 1. The average Bonchev–Trinajstić information content (AvgIpc) is 2.45. The summed E-state index contributed by atoms with van der Waals surface area (Å²) in [5, 5.41) is 0.717. The van der Waals surface area contributed by atoms with Gasteiger partial charge < -0.3 is 4.74 Å². The summed E-state index contributed by atoms with van der Waals surface area (Å²) in [6.45, 7) is 2.45. The van der Waals surface area contributed by atoms with Gasteiger partial charge in [-0.1, -0.05) is 41.6 Å². The molecule has 0 amide bonds. The fourth-order valence-electron chi connectivity index (χ4n) is 1.77. The van der Waals surface area contributed by atoms with E-state index in [1.165, 1.54) is 0 Å². The van der Waals surface area contributed by atoms with Crippen LogP contribution in [0.15, 0.2) is 42.5 Å². The van der Waals surface area contributed by atoms with Crippen molar-refractivity contribution in [2.24, 2.45) is 0 Å². The first-order valence-electron chi connectivity index (χ1n) is 6.22. The lowest BCUT2D eigenvalue weighted by Crippen LogP contribution is -1.96. The molecule has 0 unspecified atom stereocenters. The van der Waals surface area contributed by atoms with Crippen LogP contribution in [0.1, 0.15) is 16.7 Å². The molecule has 0 aliphatic rings. The van der Waals surface area contributed by atoms with Gasteiger partial charge in [-0.05, 0) is 36.8 Å². The summed E-state index contributed by atoms with van der Waals surface area (Å²) < 4.78 is 5.75. The van der Waals surface area contributed by atoms with Gasteiger partial charge in [0.1, 0.15) is 12.4 Å². The molecular weight excluding hydrogens is 291 g/mol. The van der Waals surface area contributed by atoms with Crippen LogP contribution < -0.4 is 4.74 Å². The van der Waals surface area contributed by atoms with Gasteiger partial charge in [0.15, 0.2) is 0 Å². The molecular formula is C17H14Cl2O. The Bertz CT molecular complexity index is 654. The first-order valence-corrected chi connectivity index (χ1v) is 7.13. The van der Waals surface area contributed by atoms with Crippen molar-refractivity contribution in [3.63, 3.8) is 0 Å². The van der Waals surface area contributed by atoms with Gasteiger partial charge in [-0.3, -0.25) is 0 Å². The first kappa shape index (κ1) is 14.8. The van der Waals surface area contributed by atoms with Gasteiger partial charge >= 0.3 is 0 Å². The Labute approximate surface area is 129 Å². The molecule has 3 heteroatoms. The second-order valence-electron chi connectivity index (χ2n) is 4.29. The minimum absolute atomic E-state index is 0.337. The number of benzene rings is 2. The maximum atomic E-state index is 6.09. The predicted octanol–water partition coefficient (Wildman–Crippen LogP) is 4.82. The van der Waals surface area contributed by atoms with Crippen molar-refractivity contribution in [1.82, 2.24) is 0 Å². The minimum atomic E-state index is 0.337. The zero-order chi connectivity index (χ0) is 14.4. The van der Waals surface area contributed by atoms with E-state index in [9.17, 15) is 0 Å². The lowest BCUT2D eigenvalue weighted by atomic mass is 10.1. The summed E-state index contributed by atoms with van der Waals surface area (Å²) in [6, 6.07) is 13.5. The van der Waals surface area contributed by atoms with Crippen LogP contribution >= 0.6 is 23.2 Å². The Hall–Kier alpha value is -1.62. The number of aryl methyl sites for hydroxylation is 1. The fraction of sp³-hybridized carbons (Fsp3) is 0.176. The Balaban J connectivity index is 2.08. The smallest absolute Gasteiger partial charge is 0.120 e. The third kappa shape index (κ3) is 3.93. The summed E-state index contributed by atoms with van der Waals surface area (Å²) in [4.78, 5) is 0. The molecule has 0 atom stereocenters. The molecule has 0 bridgehead atoms. The van der Waals surface area contributed by atoms with Crippen LogP contribution in [0.5, 0.6) is 5.75 Å². The maximum absolute atomic E-state index is 6.09. The summed E-state index contributed by atoms with van der Waals surface area (Å²) >= 11 is 11.7. The normalized spacial score (nSPS) is 9.75. The van der Waals surface area contributed by atoms with Crippen molar-refractivity contribution < 1.29 is 4.74 Å². The van der Waals surface area contributed by atoms with E-state index in [-0.39, 0.29) is 0 Å². The zero-order valence-electron chi connectivity index (χ0n) is 11.1. The molecule has 0 aromatic heterocycles. The SMILES string of the molecule is Cc1cc(OCc2ccccc2Cl)ccc1C#CCCl. The lowest BCUT2D eigenvalue weighted by molar-refractivity contribution is 0.306. The molecule has 20 heavy (non-hydrogen) atoms. The van der Waals surface area contributed by atoms with Gasteiger partial charge in [0, 0.05) is 16.1 Å². The highest BCUT2D eigenvalue weighted by Crippen LogP contribution is 2.20. The molecule has 0 aliphatic heterocycles. The Morgan fingerprint density at radius 3 is 2.65 bits per heavy atom. The lowest BCUT2D eigenvalue weighted by Gasteiger charge is -2.09. The van der Waals surface area contributed by atoms with E-state index in [1.54, 1.807) is 0 Å². The van der Waals surface area contributed by atoms with E-state index in [4.69, 9.17) is 27.9 Å². The van der Waals surface area contributed by atoms with E-state index >= 15 is 0 Å². The summed E-state index contributed by atoms with van der Waals surface area (Å²) in [5.41, 5.74) is 3.01. The van der Waals surface area contributed by atoms with Crippen LogP contribution in [-0.2, 0) is 6.61 Å².